The number of rotatable bonds is 2. The lowest BCUT2D eigenvalue weighted by Gasteiger charge is -2.24. The summed E-state index contributed by atoms with van der Waals surface area (Å²) in [6, 6.07) is 7.28. The highest BCUT2D eigenvalue weighted by Crippen LogP contribution is 2.26. The molecular weight excluding hydrogens is 302 g/mol. The zero-order chi connectivity index (χ0) is 15.4. The van der Waals surface area contributed by atoms with E-state index in [1.165, 1.54) is 19.3 Å². The van der Waals surface area contributed by atoms with Crippen LogP contribution in [0.25, 0.3) is 0 Å². The van der Waals surface area contributed by atoms with Crippen molar-refractivity contribution in [2.45, 2.75) is 44.6 Å². The molecule has 1 aliphatic heterocycles. The second-order valence-corrected chi connectivity index (χ2v) is 5.98. The normalized spacial score (nSPS) is 23.9. The summed E-state index contributed by atoms with van der Waals surface area (Å²) in [6.07, 6.45) is 5.26. The Morgan fingerprint density at radius 1 is 1.09 bits per heavy atom. The van der Waals surface area contributed by atoms with Gasteiger partial charge in [-0.25, -0.2) is 4.79 Å². The van der Waals surface area contributed by atoms with Crippen LogP contribution in [0.1, 0.15) is 50.2 Å². The minimum Gasteiger partial charge on any atom is -0.441 e. The average Bonchev–Trinajstić information content (AvgIpc) is 2.54. The fraction of sp³-hybridized carbons (Fsp3) is 0.438. The number of ether oxygens (including phenoxy) is 1. The highest BCUT2D eigenvalue weighted by atomic mass is 35.5. The maximum Gasteiger partial charge on any atom is 0.413 e. The van der Waals surface area contributed by atoms with Gasteiger partial charge in [-0.05, 0) is 43.4 Å². The van der Waals surface area contributed by atoms with E-state index < -0.39 is 6.09 Å². The number of nitrogens with one attached hydrogen (secondary N) is 1. The van der Waals surface area contributed by atoms with Crippen molar-refractivity contribution in [1.82, 2.24) is 5.32 Å². The molecule has 0 aromatic heterocycles. The molecule has 0 spiro atoms. The first-order valence-corrected chi connectivity index (χ1v) is 7.94. The zero-order valence-corrected chi connectivity index (χ0v) is 13.0. The number of alkyl carbamates (subject to hydrolysis) is 1. The molecule has 0 radical (unpaired) electrons. The fourth-order valence-corrected chi connectivity index (χ4v) is 2.79. The summed E-state index contributed by atoms with van der Waals surface area (Å²) in [4.78, 5) is 11.7. The van der Waals surface area contributed by atoms with Crippen LogP contribution in [0.2, 0.25) is 5.02 Å². The van der Waals surface area contributed by atoms with Crippen LogP contribution in [-0.4, -0.2) is 17.6 Å². The highest BCUT2D eigenvalue weighted by Gasteiger charge is 2.26. The van der Waals surface area contributed by atoms with Gasteiger partial charge in [-0.3, -0.25) is 5.32 Å². The van der Waals surface area contributed by atoms with Gasteiger partial charge in [-0.2, -0.15) is 5.10 Å². The zero-order valence-electron chi connectivity index (χ0n) is 12.2. The van der Waals surface area contributed by atoms with Crippen molar-refractivity contribution < 1.29 is 9.53 Å². The largest absolute Gasteiger partial charge is 0.441 e. The summed E-state index contributed by atoms with van der Waals surface area (Å²) in [5, 5.41) is 11.8. The second-order valence-electron chi connectivity index (χ2n) is 5.55. The monoisotopic (exact) mass is 319 g/mol. The topological polar surface area (TPSA) is 63.0 Å². The predicted molar refractivity (Wildman–Crippen MR) is 86.4 cm³/mol. The number of halogens is 1. The summed E-state index contributed by atoms with van der Waals surface area (Å²) < 4.78 is 5.31. The lowest BCUT2D eigenvalue weighted by Crippen LogP contribution is -2.38. The van der Waals surface area contributed by atoms with Gasteiger partial charge < -0.3 is 4.74 Å². The smallest absolute Gasteiger partial charge is 0.413 e. The minimum atomic E-state index is -0.492. The standard InChI is InChI=1S/C16H18ClN3O2/c17-12-8-6-11(7-9-12)14-10-15(18-16(21)22-14)20-19-13-4-2-1-3-5-13/h6-9,14H,1-5,10H2,(H,18,20,21). The molecule has 1 aliphatic carbocycles. The van der Waals surface area contributed by atoms with Crippen LogP contribution < -0.4 is 5.32 Å². The van der Waals surface area contributed by atoms with Gasteiger partial charge in [0, 0.05) is 17.2 Å². The number of hydrogen-bond acceptors (Lipinski definition) is 4. The van der Waals surface area contributed by atoms with E-state index in [0.29, 0.717) is 17.3 Å². The van der Waals surface area contributed by atoms with E-state index in [0.717, 1.165) is 24.1 Å². The maximum atomic E-state index is 11.7. The molecule has 1 heterocycles. The van der Waals surface area contributed by atoms with Gasteiger partial charge in [0.2, 0.25) is 0 Å². The molecule has 1 saturated heterocycles. The molecule has 1 aromatic carbocycles. The van der Waals surface area contributed by atoms with Crippen molar-refractivity contribution in [2.75, 3.05) is 0 Å². The van der Waals surface area contributed by atoms with Crippen molar-refractivity contribution in [3.8, 4) is 0 Å². The molecule has 1 unspecified atom stereocenters. The van der Waals surface area contributed by atoms with Crippen LogP contribution in [0.5, 0.6) is 0 Å². The fourth-order valence-electron chi connectivity index (χ4n) is 2.66. The predicted octanol–water partition coefficient (Wildman–Crippen LogP) is 4.23. The number of benzene rings is 1. The molecule has 1 saturated carbocycles. The first-order valence-electron chi connectivity index (χ1n) is 7.56. The molecule has 22 heavy (non-hydrogen) atoms. The number of hydrogen-bond donors (Lipinski definition) is 1. The maximum absolute atomic E-state index is 11.7. The van der Waals surface area contributed by atoms with E-state index in [4.69, 9.17) is 16.3 Å². The van der Waals surface area contributed by atoms with E-state index in [1.54, 1.807) is 12.1 Å². The van der Waals surface area contributed by atoms with Crippen molar-refractivity contribution in [1.29, 1.82) is 0 Å². The van der Waals surface area contributed by atoms with Crippen LogP contribution in [0.4, 0.5) is 4.79 Å². The first-order chi connectivity index (χ1) is 10.7. The van der Waals surface area contributed by atoms with Gasteiger partial charge in [0.25, 0.3) is 0 Å². The minimum absolute atomic E-state index is 0.351. The Balaban J connectivity index is 1.72. The number of amidine groups is 1. The van der Waals surface area contributed by atoms with Gasteiger partial charge in [-0.15, -0.1) is 5.10 Å². The average molecular weight is 320 g/mol. The van der Waals surface area contributed by atoms with Crippen molar-refractivity contribution in [3.63, 3.8) is 0 Å². The van der Waals surface area contributed by atoms with E-state index in [2.05, 4.69) is 15.5 Å². The second kappa shape index (κ2) is 6.92. The molecule has 116 valence electrons. The molecule has 1 amide bonds. The molecular formula is C16H18ClN3O2. The van der Waals surface area contributed by atoms with E-state index >= 15 is 0 Å². The molecule has 5 nitrogen and oxygen atoms in total. The van der Waals surface area contributed by atoms with Gasteiger partial charge in [-0.1, -0.05) is 30.2 Å². The molecule has 6 heteroatoms. The van der Waals surface area contributed by atoms with Gasteiger partial charge in [0.15, 0.2) is 0 Å². The van der Waals surface area contributed by atoms with Gasteiger partial charge >= 0.3 is 6.09 Å². The van der Waals surface area contributed by atoms with E-state index in [-0.39, 0.29) is 6.10 Å². The summed E-state index contributed by atoms with van der Waals surface area (Å²) in [6.45, 7) is 0. The molecule has 2 fully saturated rings. The van der Waals surface area contributed by atoms with E-state index in [1.807, 2.05) is 12.1 Å². The quantitative estimate of drug-likeness (QED) is 0.829. The van der Waals surface area contributed by atoms with Gasteiger partial charge in [0.05, 0.1) is 0 Å². The lowest BCUT2D eigenvalue weighted by molar-refractivity contribution is 0.0959. The summed E-state index contributed by atoms with van der Waals surface area (Å²) >= 11 is 5.88. The SMILES string of the molecule is O=C1N/C(=N\N=C2CCCCC2)CC(c2ccc(Cl)cc2)O1. The summed E-state index contributed by atoms with van der Waals surface area (Å²) in [5.74, 6) is 0.550. The first kappa shape index (κ1) is 15.0. The summed E-state index contributed by atoms with van der Waals surface area (Å²) in [7, 11) is 0. The van der Waals surface area contributed by atoms with Crippen molar-refractivity contribution >= 4 is 29.2 Å². The van der Waals surface area contributed by atoms with Crippen molar-refractivity contribution in [3.05, 3.63) is 34.9 Å². The van der Waals surface area contributed by atoms with Crippen LogP contribution >= 0.6 is 11.6 Å². The Morgan fingerprint density at radius 2 is 1.82 bits per heavy atom. The van der Waals surface area contributed by atoms with Crippen LogP contribution in [-0.2, 0) is 4.74 Å². The number of cyclic esters (lactones) is 1. The van der Waals surface area contributed by atoms with E-state index in [9.17, 15) is 4.79 Å². The Morgan fingerprint density at radius 3 is 2.55 bits per heavy atom. The Labute approximate surface area is 134 Å². The molecule has 2 aliphatic rings. The Hall–Kier alpha value is -1.88. The third-order valence-electron chi connectivity index (χ3n) is 3.86. The molecule has 1 N–H and O–H groups in total. The highest BCUT2D eigenvalue weighted by molar-refractivity contribution is 6.30. The number of carbonyl (C=O) groups is 1. The number of amides is 1. The lowest BCUT2D eigenvalue weighted by atomic mass is 9.99. The third-order valence-corrected chi connectivity index (χ3v) is 4.11. The van der Waals surface area contributed by atoms with Crippen LogP contribution in [0.15, 0.2) is 34.5 Å². The Kier molecular flexibility index (Phi) is 4.73. The Bertz CT molecular complexity index is 602. The molecule has 1 aromatic rings. The number of carbonyl (C=O) groups excluding carboxylic acids is 1. The molecule has 0 bridgehead atoms. The van der Waals surface area contributed by atoms with Crippen molar-refractivity contribution in [2.24, 2.45) is 10.2 Å². The van der Waals surface area contributed by atoms with Crippen LogP contribution in [0.3, 0.4) is 0 Å². The molecule has 3 rings (SSSR count). The van der Waals surface area contributed by atoms with Gasteiger partial charge in [0.1, 0.15) is 11.9 Å². The molecule has 1 atom stereocenters. The summed E-state index contributed by atoms with van der Waals surface area (Å²) in [5.41, 5.74) is 2.01. The third kappa shape index (κ3) is 3.85. The number of nitrogens with zero attached hydrogens (tertiary/aromatic N) is 2. The van der Waals surface area contributed by atoms with Crippen LogP contribution in [0, 0.1) is 0 Å².